The van der Waals surface area contributed by atoms with Gasteiger partial charge < -0.3 is 14.8 Å². The Morgan fingerprint density at radius 2 is 1.24 bits per heavy atom. The third-order valence-corrected chi connectivity index (χ3v) is 3.59. The number of anilines is 1. The van der Waals surface area contributed by atoms with Crippen molar-refractivity contribution in [1.82, 2.24) is 0 Å². The van der Waals surface area contributed by atoms with Crippen LogP contribution in [-0.4, -0.2) is 12.2 Å². The van der Waals surface area contributed by atoms with E-state index in [0.29, 0.717) is 11.5 Å². The average Bonchev–Trinajstić information content (AvgIpc) is 2.65. The van der Waals surface area contributed by atoms with Crippen LogP contribution in [0.5, 0.6) is 11.5 Å². The van der Waals surface area contributed by atoms with Crippen molar-refractivity contribution in [3.63, 3.8) is 0 Å². The van der Waals surface area contributed by atoms with Gasteiger partial charge >= 0.3 is 12.2 Å². The quantitative estimate of drug-likeness (QED) is 0.679. The number of para-hydroxylation sites is 3. The molecule has 0 fully saturated rings. The van der Waals surface area contributed by atoms with E-state index in [0.717, 1.165) is 11.3 Å². The lowest BCUT2D eigenvalue weighted by Gasteiger charge is -2.20. The van der Waals surface area contributed by atoms with Crippen molar-refractivity contribution in [1.29, 1.82) is 0 Å². The third-order valence-electron chi connectivity index (χ3n) is 3.59. The highest BCUT2D eigenvalue weighted by Gasteiger charge is 2.23. The van der Waals surface area contributed by atoms with Gasteiger partial charge in [-0.15, -0.1) is 0 Å². The van der Waals surface area contributed by atoms with Crippen LogP contribution in [0.15, 0.2) is 84.9 Å². The first-order valence-corrected chi connectivity index (χ1v) is 8.02. The largest absolute Gasteiger partial charge is 0.446 e. The lowest BCUT2D eigenvalue weighted by Crippen LogP contribution is -2.38. The zero-order valence-electron chi connectivity index (χ0n) is 13.9. The molecule has 0 saturated carbocycles. The number of ether oxygens (including phenoxy) is 2. The van der Waals surface area contributed by atoms with Crippen molar-refractivity contribution < 1.29 is 14.3 Å². The summed E-state index contributed by atoms with van der Waals surface area (Å²) >= 11 is 0. The Hall–Kier alpha value is -3.27. The Kier molecular flexibility index (Phi) is 5.32. The van der Waals surface area contributed by atoms with E-state index in [1.165, 1.54) is 0 Å². The van der Waals surface area contributed by atoms with E-state index in [-0.39, 0.29) is 5.91 Å². The highest BCUT2D eigenvalue weighted by Crippen LogP contribution is 2.18. The second-order valence-corrected chi connectivity index (χ2v) is 5.50. The van der Waals surface area contributed by atoms with Gasteiger partial charge in [-0.1, -0.05) is 54.6 Å². The highest BCUT2D eigenvalue weighted by molar-refractivity contribution is 5.94. The van der Waals surface area contributed by atoms with Crippen LogP contribution in [0.1, 0.15) is 5.56 Å². The zero-order chi connectivity index (χ0) is 17.5. The fourth-order valence-electron chi connectivity index (χ4n) is 2.28. The molecule has 0 radical (unpaired) electrons. The Bertz CT molecular complexity index is 777. The van der Waals surface area contributed by atoms with Gasteiger partial charge in [0.05, 0.1) is 0 Å². The molecule has 1 amide bonds. The van der Waals surface area contributed by atoms with Gasteiger partial charge in [-0.25, -0.2) is 0 Å². The van der Waals surface area contributed by atoms with Crippen molar-refractivity contribution >= 4 is 11.6 Å². The normalized spacial score (nSPS) is 10.3. The predicted octanol–water partition coefficient (Wildman–Crippen LogP) is 4.42. The van der Waals surface area contributed by atoms with Gasteiger partial charge in [0.2, 0.25) is 0 Å². The Morgan fingerprint density at radius 1 is 0.760 bits per heavy atom. The number of hydrogen-bond donors (Lipinski definition) is 1. The van der Waals surface area contributed by atoms with Gasteiger partial charge in [-0.2, -0.15) is 0 Å². The van der Waals surface area contributed by atoms with E-state index in [9.17, 15) is 4.79 Å². The molecule has 3 rings (SSSR count). The fourth-order valence-corrected chi connectivity index (χ4v) is 2.28. The molecular formula is C21H19NO3. The number of nitrogens with one attached hydrogen (secondary N) is 1. The van der Waals surface area contributed by atoms with Crippen LogP contribution in [-0.2, 0) is 4.79 Å². The minimum atomic E-state index is -1.11. The molecule has 4 heteroatoms. The van der Waals surface area contributed by atoms with E-state index in [1.54, 1.807) is 24.3 Å². The molecule has 0 aromatic heterocycles. The van der Waals surface area contributed by atoms with Crippen molar-refractivity contribution in [3.8, 4) is 11.5 Å². The summed E-state index contributed by atoms with van der Waals surface area (Å²) in [6.07, 6.45) is -1.11. The molecule has 25 heavy (non-hydrogen) atoms. The summed E-state index contributed by atoms with van der Waals surface area (Å²) < 4.78 is 11.5. The fraction of sp³-hybridized carbons (Fsp3) is 0.0952. The lowest BCUT2D eigenvalue weighted by molar-refractivity contribution is -0.134. The predicted molar refractivity (Wildman–Crippen MR) is 97.7 cm³/mol. The summed E-state index contributed by atoms with van der Waals surface area (Å²) in [4.78, 5) is 12.7. The van der Waals surface area contributed by atoms with Gasteiger partial charge in [-0.3, -0.25) is 4.79 Å². The molecule has 4 nitrogen and oxygen atoms in total. The molecule has 0 aliphatic carbocycles. The van der Waals surface area contributed by atoms with Gasteiger partial charge in [0, 0.05) is 5.69 Å². The van der Waals surface area contributed by atoms with Gasteiger partial charge in [0.15, 0.2) is 0 Å². The first-order valence-electron chi connectivity index (χ1n) is 8.02. The maximum absolute atomic E-state index is 12.7. The molecule has 126 valence electrons. The Morgan fingerprint density at radius 3 is 1.76 bits per heavy atom. The molecule has 0 atom stereocenters. The molecule has 1 N–H and O–H groups in total. The van der Waals surface area contributed by atoms with E-state index in [2.05, 4.69) is 5.32 Å². The summed E-state index contributed by atoms with van der Waals surface area (Å²) in [7, 11) is 0. The third kappa shape index (κ3) is 4.61. The number of carbonyl (C=O) groups is 1. The van der Waals surface area contributed by atoms with Gasteiger partial charge in [-0.05, 0) is 42.8 Å². The van der Waals surface area contributed by atoms with Crippen LogP contribution in [0.4, 0.5) is 5.69 Å². The van der Waals surface area contributed by atoms with Crippen LogP contribution >= 0.6 is 0 Å². The number of aryl methyl sites for hydroxylation is 1. The molecule has 0 aliphatic rings. The molecule has 3 aromatic carbocycles. The molecule has 3 aromatic rings. The Labute approximate surface area is 147 Å². The van der Waals surface area contributed by atoms with E-state index >= 15 is 0 Å². The van der Waals surface area contributed by atoms with Crippen LogP contribution in [0, 0.1) is 6.92 Å². The minimum absolute atomic E-state index is 0.373. The summed E-state index contributed by atoms with van der Waals surface area (Å²) in [5.41, 5.74) is 1.69. The second kappa shape index (κ2) is 8.02. The van der Waals surface area contributed by atoms with E-state index < -0.39 is 6.29 Å². The van der Waals surface area contributed by atoms with Crippen molar-refractivity contribution in [2.45, 2.75) is 13.2 Å². The lowest BCUT2D eigenvalue weighted by atomic mass is 10.2. The molecule has 0 unspecified atom stereocenters. The van der Waals surface area contributed by atoms with Gasteiger partial charge in [0.1, 0.15) is 11.5 Å². The highest BCUT2D eigenvalue weighted by atomic mass is 16.7. The number of carbonyl (C=O) groups excluding carboxylic acids is 1. The Balaban J connectivity index is 1.79. The minimum Gasteiger partial charge on any atom is -0.446 e. The number of rotatable bonds is 6. The van der Waals surface area contributed by atoms with Crippen molar-refractivity contribution in [2.75, 3.05) is 5.32 Å². The second-order valence-electron chi connectivity index (χ2n) is 5.50. The molecule has 0 bridgehead atoms. The van der Waals surface area contributed by atoms with Crippen LogP contribution in [0.25, 0.3) is 0 Å². The maximum Gasteiger partial charge on any atom is 0.321 e. The molecule has 0 spiro atoms. The summed E-state index contributed by atoms with van der Waals surface area (Å²) in [5.74, 6) is 0.744. The van der Waals surface area contributed by atoms with E-state index in [4.69, 9.17) is 9.47 Å². The van der Waals surface area contributed by atoms with Crippen LogP contribution < -0.4 is 14.8 Å². The van der Waals surface area contributed by atoms with Crippen molar-refractivity contribution in [3.05, 3.63) is 90.5 Å². The molecule has 0 saturated heterocycles. The molecular weight excluding hydrogens is 314 g/mol. The maximum atomic E-state index is 12.7. The smallest absolute Gasteiger partial charge is 0.321 e. The molecule has 0 heterocycles. The standard InChI is InChI=1S/C21H19NO3/c1-16-10-8-9-15-19(16)22-20(23)21(24-17-11-4-2-5-12-17)25-18-13-6-3-7-14-18/h2-15,21H,1H3,(H,22,23). The van der Waals surface area contributed by atoms with Crippen LogP contribution in [0.3, 0.4) is 0 Å². The van der Waals surface area contributed by atoms with Gasteiger partial charge in [0.25, 0.3) is 0 Å². The van der Waals surface area contributed by atoms with E-state index in [1.807, 2.05) is 67.6 Å². The first-order chi connectivity index (χ1) is 12.2. The zero-order valence-corrected chi connectivity index (χ0v) is 13.9. The summed E-state index contributed by atoms with van der Waals surface area (Å²) in [6, 6.07) is 25.8. The number of amides is 1. The molecule has 0 aliphatic heterocycles. The number of benzene rings is 3. The SMILES string of the molecule is Cc1ccccc1NC(=O)C(Oc1ccccc1)Oc1ccccc1. The summed E-state index contributed by atoms with van der Waals surface area (Å²) in [5, 5.41) is 2.86. The average molecular weight is 333 g/mol. The topological polar surface area (TPSA) is 47.6 Å². The monoisotopic (exact) mass is 333 g/mol. The van der Waals surface area contributed by atoms with Crippen molar-refractivity contribution in [2.24, 2.45) is 0 Å². The summed E-state index contributed by atoms with van der Waals surface area (Å²) in [6.45, 7) is 1.93. The number of hydrogen-bond acceptors (Lipinski definition) is 3. The first kappa shape index (κ1) is 16.6. The van der Waals surface area contributed by atoms with Crippen LogP contribution in [0.2, 0.25) is 0 Å².